The zero-order chi connectivity index (χ0) is 14.1. The van der Waals surface area contributed by atoms with Crippen LogP contribution in [-0.2, 0) is 9.59 Å². The van der Waals surface area contributed by atoms with Gasteiger partial charge in [0, 0.05) is 19.5 Å². The number of nitrogens with zero attached hydrogens (tertiary/aromatic N) is 1. The SMILES string of the molecule is CCN(CC)C(=O)CCCSC(C(=O)O)C(C)C. The summed E-state index contributed by atoms with van der Waals surface area (Å²) >= 11 is 1.44. The van der Waals surface area contributed by atoms with Crippen LogP contribution in [0.3, 0.4) is 0 Å². The quantitative estimate of drug-likeness (QED) is 0.657. The van der Waals surface area contributed by atoms with E-state index in [2.05, 4.69) is 0 Å². The first kappa shape index (κ1) is 17.3. The number of amides is 1. The van der Waals surface area contributed by atoms with E-state index >= 15 is 0 Å². The summed E-state index contributed by atoms with van der Waals surface area (Å²) in [6, 6.07) is 0. The summed E-state index contributed by atoms with van der Waals surface area (Å²) < 4.78 is 0. The standard InChI is InChI=1S/C13H25NO3S/c1-5-14(6-2)11(15)8-7-9-18-12(10(3)4)13(16)17/h10,12H,5-9H2,1-4H3,(H,16,17). The number of thioether (sulfide) groups is 1. The van der Waals surface area contributed by atoms with E-state index in [-0.39, 0.29) is 17.1 Å². The summed E-state index contributed by atoms with van der Waals surface area (Å²) in [6.07, 6.45) is 1.26. The van der Waals surface area contributed by atoms with Crippen LogP contribution in [-0.4, -0.2) is 46.0 Å². The van der Waals surface area contributed by atoms with E-state index in [1.807, 2.05) is 32.6 Å². The van der Waals surface area contributed by atoms with Crippen LogP contribution in [0.4, 0.5) is 0 Å². The topological polar surface area (TPSA) is 57.6 Å². The molecule has 0 aliphatic heterocycles. The number of carboxylic acids is 1. The average molecular weight is 275 g/mol. The summed E-state index contributed by atoms with van der Waals surface area (Å²) in [5.41, 5.74) is 0. The number of carbonyl (C=O) groups excluding carboxylic acids is 1. The minimum atomic E-state index is -0.759. The molecule has 0 aliphatic rings. The van der Waals surface area contributed by atoms with Gasteiger partial charge in [0.1, 0.15) is 5.25 Å². The van der Waals surface area contributed by atoms with Gasteiger partial charge in [-0.3, -0.25) is 9.59 Å². The zero-order valence-electron chi connectivity index (χ0n) is 11.8. The first-order valence-corrected chi connectivity index (χ1v) is 7.61. The van der Waals surface area contributed by atoms with Crippen molar-refractivity contribution >= 4 is 23.6 Å². The molecule has 18 heavy (non-hydrogen) atoms. The predicted octanol–water partition coefficient (Wildman–Crippen LogP) is 2.48. The second kappa shape index (κ2) is 9.25. The van der Waals surface area contributed by atoms with Gasteiger partial charge in [-0.05, 0) is 31.9 Å². The molecule has 1 atom stereocenters. The van der Waals surface area contributed by atoms with E-state index < -0.39 is 5.97 Å². The number of carbonyl (C=O) groups is 2. The highest BCUT2D eigenvalue weighted by atomic mass is 32.2. The van der Waals surface area contributed by atoms with Crippen molar-refractivity contribution in [3.63, 3.8) is 0 Å². The van der Waals surface area contributed by atoms with Gasteiger partial charge in [0.2, 0.25) is 5.91 Å². The molecular weight excluding hydrogens is 250 g/mol. The molecule has 0 spiro atoms. The van der Waals surface area contributed by atoms with Crippen LogP contribution in [0, 0.1) is 5.92 Å². The Morgan fingerprint density at radius 1 is 1.22 bits per heavy atom. The van der Waals surface area contributed by atoms with Crippen molar-refractivity contribution in [3.8, 4) is 0 Å². The lowest BCUT2D eigenvalue weighted by Crippen LogP contribution is -2.30. The summed E-state index contributed by atoms with van der Waals surface area (Å²) in [6.45, 7) is 9.24. The molecule has 1 N–H and O–H groups in total. The molecule has 0 saturated heterocycles. The molecule has 1 amide bonds. The molecule has 0 aromatic carbocycles. The van der Waals surface area contributed by atoms with E-state index in [0.717, 1.165) is 25.3 Å². The second-order valence-electron chi connectivity index (χ2n) is 4.54. The minimum absolute atomic E-state index is 0.117. The lowest BCUT2D eigenvalue weighted by molar-refractivity contribution is -0.137. The molecule has 1 unspecified atom stereocenters. The van der Waals surface area contributed by atoms with Crippen LogP contribution in [0.25, 0.3) is 0 Å². The van der Waals surface area contributed by atoms with Crippen LogP contribution in [0.2, 0.25) is 0 Å². The van der Waals surface area contributed by atoms with E-state index in [4.69, 9.17) is 5.11 Å². The number of carboxylic acid groups (broad SMARTS) is 1. The zero-order valence-corrected chi connectivity index (χ0v) is 12.6. The molecule has 106 valence electrons. The lowest BCUT2D eigenvalue weighted by Gasteiger charge is -2.19. The Morgan fingerprint density at radius 2 is 1.78 bits per heavy atom. The van der Waals surface area contributed by atoms with Crippen LogP contribution in [0.15, 0.2) is 0 Å². The van der Waals surface area contributed by atoms with Gasteiger partial charge in [0.25, 0.3) is 0 Å². The van der Waals surface area contributed by atoms with Crippen molar-refractivity contribution < 1.29 is 14.7 Å². The van der Waals surface area contributed by atoms with Gasteiger partial charge in [-0.2, -0.15) is 0 Å². The Labute approximate surface area is 114 Å². The normalized spacial score (nSPS) is 12.5. The molecular formula is C13H25NO3S. The fourth-order valence-corrected chi connectivity index (χ4v) is 2.81. The van der Waals surface area contributed by atoms with Gasteiger partial charge in [-0.1, -0.05) is 13.8 Å². The van der Waals surface area contributed by atoms with Crippen LogP contribution >= 0.6 is 11.8 Å². The van der Waals surface area contributed by atoms with Crippen molar-refractivity contribution in [2.24, 2.45) is 5.92 Å². The van der Waals surface area contributed by atoms with Gasteiger partial charge in [0.15, 0.2) is 0 Å². The van der Waals surface area contributed by atoms with E-state index in [1.54, 1.807) is 0 Å². The Balaban J connectivity index is 3.91. The Morgan fingerprint density at radius 3 is 2.17 bits per heavy atom. The Kier molecular flexibility index (Phi) is 8.89. The van der Waals surface area contributed by atoms with E-state index in [0.29, 0.717) is 6.42 Å². The maximum atomic E-state index is 11.7. The smallest absolute Gasteiger partial charge is 0.316 e. The van der Waals surface area contributed by atoms with Crippen LogP contribution in [0.1, 0.15) is 40.5 Å². The first-order chi connectivity index (χ1) is 8.43. The molecule has 0 aromatic heterocycles. The van der Waals surface area contributed by atoms with Crippen molar-refractivity contribution in [1.29, 1.82) is 0 Å². The van der Waals surface area contributed by atoms with E-state index in [1.165, 1.54) is 11.8 Å². The molecule has 0 heterocycles. The third-order valence-electron chi connectivity index (χ3n) is 2.80. The van der Waals surface area contributed by atoms with Gasteiger partial charge in [-0.15, -0.1) is 11.8 Å². The summed E-state index contributed by atoms with van der Waals surface area (Å²) in [7, 11) is 0. The molecule has 0 saturated carbocycles. The van der Waals surface area contributed by atoms with E-state index in [9.17, 15) is 9.59 Å². The summed E-state index contributed by atoms with van der Waals surface area (Å²) in [5.74, 6) is 0.246. The minimum Gasteiger partial charge on any atom is -0.480 e. The molecule has 0 bridgehead atoms. The number of hydrogen-bond acceptors (Lipinski definition) is 3. The van der Waals surface area contributed by atoms with Crippen molar-refractivity contribution in [1.82, 2.24) is 4.90 Å². The van der Waals surface area contributed by atoms with Crippen LogP contribution < -0.4 is 0 Å². The molecule has 0 rings (SSSR count). The van der Waals surface area contributed by atoms with Crippen molar-refractivity contribution in [3.05, 3.63) is 0 Å². The highest BCUT2D eigenvalue weighted by molar-refractivity contribution is 8.00. The summed E-state index contributed by atoms with van der Waals surface area (Å²) in [5, 5.41) is 8.65. The molecule has 4 nitrogen and oxygen atoms in total. The number of hydrogen-bond donors (Lipinski definition) is 1. The fraction of sp³-hybridized carbons (Fsp3) is 0.846. The molecule has 0 aromatic rings. The third-order valence-corrected chi connectivity index (χ3v) is 4.43. The molecule has 5 heteroatoms. The highest BCUT2D eigenvalue weighted by Gasteiger charge is 2.21. The monoisotopic (exact) mass is 275 g/mol. The fourth-order valence-electron chi connectivity index (χ4n) is 1.72. The lowest BCUT2D eigenvalue weighted by atomic mass is 10.1. The maximum Gasteiger partial charge on any atom is 0.316 e. The predicted molar refractivity (Wildman–Crippen MR) is 75.9 cm³/mol. The third kappa shape index (κ3) is 6.28. The van der Waals surface area contributed by atoms with Gasteiger partial charge in [-0.25, -0.2) is 0 Å². The van der Waals surface area contributed by atoms with Crippen molar-refractivity contribution in [2.45, 2.75) is 45.8 Å². The van der Waals surface area contributed by atoms with Crippen LogP contribution in [0.5, 0.6) is 0 Å². The van der Waals surface area contributed by atoms with Crippen molar-refractivity contribution in [2.75, 3.05) is 18.8 Å². The molecule has 0 radical (unpaired) electrons. The van der Waals surface area contributed by atoms with Gasteiger partial charge < -0.3 is 10.0 Å². The molecule has 0 aliphatic carbocycles. The second-order valence-corrected chi connectivity index (χ2v) is 5.79. The highest BCUT2D eigenvalue weighted by Crippen LogP contribution is 2.21. The number of aliphatic carboxylic acids is 1. The van der Waals surface area contributed by atoms with Gasteiger partial charge >= 0.3 is 5.97 Å². The Bertz CT molecular complexity index is 265. The molecule has 0 fully saturated rings. The maximum absolute atomic E-state index is 11.7. The number of rotatable bonds is 9. The first-order valence-electron chi connectivity index (χ1n) is 6.56. The largest absolute Gasteiger partial charge is 0.480 e. The average Bonchev–Trinajstić information content (AvgIpc) is 2.29. The Hall–Kier alpha value is -0.710. The van der Waals surface area contributed by atoms with Gasteiger partial charge in [0.05, 0.1) is 0 Å². The summed E-state index contributed by atoms with van der Waals surface area (Å²) in [4.78, 5) is 24.5.